The first-order valence-corrected chi connectivity index (χ1v) is 6.03. The van der Waals surface area contributed by atoms with Gasteiger partial charge in [0.1, 0.15) is 6.42 Å². The van der Waals surface area contributed by atoms with Gasteiger partial charge in [0, 0.05) is 12.1 Å². The molecular formula is C11H17F3N2O3. The Labute approximate surface area is 108 Å². The lowest BCUT2D eigenvalue weighted by atomic mass is 9.85. The number of hydrogen-bond donors (Lipinski definition) is 2. The second kappa shape index (κ2) is 6.23. The smallest absolute Gasteiger partial charge is 0.397 e. The summed E-state index contributed by atoms with van der Waals surface area (Å²) in [6.45, 7) is 2.28. The van der Waals surface area contributed by atoms with E-state index in [0.717, 1.165) is 0 Å². The first-order valence-electron chi connectivity index (χ1n) is 6.03. The van der Waals surface area contributed by atoms with E-state index in [1.807, 2.05) is 6.92 Å². The Hall–Kier alpha value is -1.31. The number of amides is 1. The second-order valence-electron chi connectivity index (χ2n) is 4.64. The van der Waals surface area contributed by atoms with E-state index >= 15 is 0 Å². The third-order valence-electron chi connectivity index (χ3n) is 3.10. The topological polar surface area (TPSA) is 69.6 Å². The fourth-order valence-electron chi connectivity index (χ4n) is 2.14. The molecule has 0 heterocycles. The predicted octanol–water partition coefficient (Wildman–Crippen LogP) is 0.992. The number of rotatable bonds is 6. The molecule has 0 unspecified atom stereocenters. The van der Waals surface area contributed by atoms with Gasteiger partial charge in [-0.1, -0.05) is 6.92 Å². The van der Waals surface area contributed by atoms with Gasteiger partial charge in [0.25, 0.3) is 0 Å². The number of alkyl halides is 3. The Morgan fingerprint density at radius 3 is 2.37 bits per heavy atom. The van der Waals surface area contributed by atoms with E-state index in [0.29, 0.717) is 19.4 Å². The van der Waals surface area contributed by atoms with Gasteiger partial charge in [0.2, 0.25) is 5.91 Å². The van der Waals surface area contributed by atoms with Crippen molar-refractivity contribution in [2.45, 2.75) is 44.4 Å². The van der Waals surface area contributed by atoms with Crippen LogP contribution in [0.15, 0.2) is 0 Å². The molecule has 1 fully saturated rings. The fraction of sp³-hybridized carbons (Fsp3) is 0.818. The lowest BCUT2D eigenvalue weighted by molar-refractivity contribution is -0.155. The summed E-state index contributed by atoms with van der Waals surface area (Å²) >= 11 is 0. The molecule has 0 aromatic carbocycles. The summed E-state index contributed by atoms with van der Waals surface area (Å²) in [7, 11) is 0. The van der Waals surface area contributed by atoms with E-state index in [4.69, 9.17) is 5.11 Å². The molecular weight excluding hydrogens is 265 g/mol. The molecule has 19 heavy (non-hydrogen) atoms. The summed E-state index contributed by atoms with van der Waals surface area (Å²) in [6, 6.07) is -0.278. The SMILES string of the molecule is CCN(CC(=O)O)C1CC(NC(=O)CC(F)(F)F)C1. The minimum atomic E-state index is -4.49. The van der Waals surface area contributed by atoms with Crippen LogP contribution in [0.1, 0.15) is 26.2 Å². The van der Waals surface area contributed by atoms with Gasteiger partial charge in [-0.3, -0.25) is 14.5 Å². The molecule has 0 aromatic heterocycles. The monoisotopic (exact) mass is 282 g/mol. The number of hydrogen-bond acceptors (Lipinski definition) is 3. The Morgan fingerprint density at radius 2 is 1.95 bits per heavy atom. The minimum absolute atomic E-state index is 0.0114. The van der Waals surface area contributed by atoms with Gasteiger partial charge in [0.15, 0.2) is 0 Å². The number of carboxylic acids is 1. The van der Waals surface area contributed by atoms with Crippen molar-refractivity contribution in [2.75, 3.05) is 13.1 Å². The third-order valence-corrected chi connectivity index (χ3v) is 3.10. The zero-order valence-electron chi connectivity index (χ0n) is 10.5. The number of nitrogens with zero attached hydrogens (tertiary/aromatic N) is 1. The lowest BCUT2D eigenvalue weighted by Crippen LogP contribution is -2.55. The summed E-state index contributed by atoms with van der Waals surface area (Å²) in [5, 5.41) is 11.0. The van der Waals surface area contributed by atoms with Crippen molar-refractivity contribution in [3.8, 4) is 0 Å². The molecule has 0 aromatic rings. The Bertz CT molecular complexity index is 341. The van der Waals surface area contributed by atoms with Gasteiger partial charge in [-0.15, -0.1) is 0 Å². The molecule has 0 spiro atoms. The number of likely N-dealkylation sites (N-methyl/N-ethyl adjacent to an activating group) is 1. The number of carboxylic acid groups (broad SMARTS) is 1. The highest BCUT2D eigenvalue weighted by molar-refractivity contribution is 5.77. The predicted molar refractivity (Wildman–Crippen MR) is 60.5 cm³/mol. The highest BCUT2D eigenvalue weighted by Crippen LogP contribution is 2.26. The maximum atomic E-state index is 11.9. The maximum Gasteiger partial charge on any atom is 0.397 e. The summed E-state index contributed by atoms with van der Waals surface area (Å²) in [5.41, 5.74) is 0. The number of carbonyl (C=O) groups excluding carboxylic acids is 1. The third kappa shape index (κ3) is 5.46. The van der Waals surface area contributed by atoms with Gasteiger partial charge < -0.3 is 10.4 Å². The minimum Gasteiger partial charge on any atom is -0.480 e. The molecule has 1 rings (SSSR count). The van der Waals surface area contributed by atoms with E-state index in [-0.39, 0.29) is 18.6 Å². The van der Waals surface area contributed by atoms with E-state index < -0.39 is 24.5 Å². The summed E-state index contributed by atoms with van der Waals surface area (Å²) in [4.78, 5) is 23.4. The lowest BCUT2D eigenvalue weighted by Gasteiger charge is -2.42. The first-order chi connectivity index (χ1) is 8.71. The van der Waals surface area contributed by atoms with Crippen LogP contribution in [0.5, 0.6) is 0 Å². The largest absolute Gasteiger partial charge is 0.480 e. The first kappa shape index (κ1) is 15.7. The summed E-state index contributed by atoms with van der Waals surface area (Å²) in [5.74, 6) is -1.97. The van der Waals surface area contributed by atoms with Crippen molar-refractivity contribution in [2.24, 2.45) is 0 Å². The quantitative estimate of drug-likeness (QED) is 0.762. The fourth-order valence-corrected chi connectivity index (χ4v) is 2.14. The molecule has 1 amide bonds. The maximum absolute atomic E-state index is 11.9. The number of halogens is 3. The Balaban J connectivity index is 2.29. The molecule has 1 aliphatic carbocycles. The Kier molecular flexibility index (Phi) is 5.16. The molecule has 2 N–H and O–H groups in total. The molecule has 0 saturated heterocycles. The van der Waals surface area contributed by atoms with E-state index in [1.54, 1.807) is 4.90 Å². The molecule has 0 aliphatic heterocycles. The van der Waals surface area contributed by atoms with Crippen molar-refractivity contribution >= 4 is 11.9 Å². The van der Waals surface area contributed by atoms with Gasteiger partial charge in [-0.05, 0) is 19.4 Å². The molecule has 110 valence electrons. The van der Waals surface area contributed by atoms with Crippen LogP contribution >= 0.6 is 0 Å². The van der Waals surface area contributed by atoms with Gasteiger partial charge in [-0.25, -0.2) is 0 Å². The molecule has 0 bridgehead atoms. The van der Waals surface area contributed by atoms with Crippen LogP contribution in [0.3, 0.4) is 0 Å². The normalized spacial score (nSPS) is 23.0. The molecule has 1 saturated carbocycles. The molecule has 0 radical (unpaired) electrons. The van der Waals surface area contributed by atoms with E-state index in [9.17, 15) is 22.8 Å². The van der Waals surface area contributed by atoms with Crippen molar-refractivity contribution in [3.63, 3.8) is 0 Å². The summed E-state index contributed by atoms with van der Waals surface area (Å²) < 4.78 is 35.8. The molecule has 5 nitrogen and oxygen atoms in total. The van der Waals surface area contributed by atoms with Gasteiger partial charge in [0.05, 0.1) is 6.54 Å². The van der Waals surface area contributed by atoms with E-state index in [2.05, 4.69) is 5.32 Å². The average Bonchev–Trinajstić information content (AvgIpc) is 2.17. The van der Waals surface area contributed by atoms with Crippen molar-refractivity contribution in [3.05, 3.63) is 0 Å². The van der Waals surface area contributed by atoms with Crippen LogP contribution in [0.4, 0.5) is 13.2 Å². The van der Waals surface area contributed by atoms with E-state index in [1.165, 1.54) is 0 Å². The van der Waals surface area contributed by atoms with Crippen LogP contribution in [-0.2, 0) is 9.59 Å². The van der Waals surface area contributed by atoms with Crippen LogP contribution in [-0.4, -0.2) is 53.2 Å². The highest BCUT2D eigenvalue weighted by Gasteiger charge is 2.37. The average molecular weight is 282 g/mol. The highest BCUT2D eigenvalue weighted by atomic mass is 19.4. The van der Waals surface area contributed by atoms with Crippen molar-refractivity contribution < 1.29 is 27.9 Å². The van der Waals surface area contributed by atoms with Crippen molar-refractivity contribution in [1.82, 2.24) is 10.2 Å². The summed E-state index contributed by atoms with van der Waals surface area (Å²) in [6.07, 6.45) is -4.98. The van der Waals surface area contributed by atoms with Gasteiger partial charge in [-0.2, -0.15) is 13.2 Å². The van der Waals surface area contributed by atoms with Crippen LogP contribution in [0.2, 0.25) is 0 Å². The zero-order chi connectivity index (χ0) is 14.6. The van der Waals surface area contributed by atoms with Crippen LogP contribution in [0.25, 0.3) is 0 Å². The standard InChI is InChI=1S/C11H17F3N2O3/c1-2-16(6-10(18)19)8-3-7(4-8)15-9(17)5-11(12,13)14/h7-8H,2-6H2,1H3,(H,15,17)(H,18,19). The molecule has 0 atom stereocenters. The van der Waals surface area contributed by atoms with Gasteiger partial charge >= 0.3 is 12.1 Å². The molecule has 8 heteroatoms. The number of carbonyl (C=O) groups is 2. The zero-order valence-corrected chi connectivity index (χ0v) is 10.5. The van der Waals surface area contributed by atoms with Crippen LogP contribution < -0.4 is 5.32 Å². The van der Waals surface area contributed by atoms with Crippen molar-refractivity contribution in [1.29, 1.82) is 0 Å². The second-order valence-corrected chi connectivity index (χ2v) is 4.64. The number of aliphatic carboxylic acids is 1. The molecule has 1 aliphatic rings. The Morgan fingerprint density at radius 1 is 1.37 bits per heavy atom. The van der Waals surface area contributed by atoms with Crippen LogP contribution in [0, 0.1) is 0 Å². The number of nitrogens with one attached hydrogen (secondary N) is 1.